The first-order valence-corrected chi connectivity index (χ1v) is 7.38. The highest BCUT2D eigenvalue weighted by Crippen LogP contribution is 2.25. The lowest BCUT2D eigenvalue weighted by Gasteiger charge is -2.07. The van der Waals surface area contributed by atoms with Crippen molar-refractivity contribution in [2.75, 3.05) is 10.6 Å². The number of aromatic nitrogens is 1. The van der Waals surface area contributed by atoms with Gasteiger partial charge in [-0.25, -0.2) is 4.98 Å². The van der Waals surface area contributed by atoms with E-state index in [4.69, 9.17) is 40.1 Å². The lowest BCUT2D eigenvalue weighted by atomic mass is 10.2. The Labute approximate surface area is 147 Å². The second-order valence-electron chi connectivity index (χ2n) is 4.25. The Morgan fingerprint density at radius 1 is 1.17 bits per heavy atom. The average Bonchev–Trinajstić information content (AvgIpc) is 2.52. The van der Waals surface area contributed by atoms with Gasteiger partial charge in [0.2, 0.25) is 0 Å². The van der Waals surface area contributed by atoms with E-state index in [1.807, 2.05) is 0 Å². The van der Waals surface area contributed by atoms with Gasteiger partial charge >= 0.3 is 0 Å². The minimum absolute atomic E-state index is 0.146. The molecule has 1 heterocycles. The summed E-state index contributed by atoms with van der Waals surface area (Å²) in [7, 11) is 0. The van der Waals surface area contributed by atoms with Crippen molar-refractivity contribution >= 4 is 52.2 Å². The molecule has 1 aromatic heterocycles. The van der Waals surface area contributed by atoms with Crippen molar-refractivity contribution < 1.29 is 4.79 Å². The van der Waals surface area contributed by atoms with Crippen LogP contribution >= 0.6 is 34.8 Å². The van der Waals surface area contributed by atoms with E-state index in [2.05, 4.69) is 15.6 Å². The maximum atomic E-state index is 12.1. The van der Waals surface area contributed by atoms with Crippen molar-refractivity contribution in [3.05, 3.63) is 63.4 Å². The highest BCUT2D eigenvalue weighted by molar-refractivity contribution is 6.36. The third-order valence-electron chi connectivity index (χ3n) is 2.64. The van der Waals surface area contributed by atoms with Crippen LogP contribution in [0.25, 0.3) is 0 Å². The highest BCUT2D eigenvalue weighted by Gasteiger charge is 2.11. The van der Waals surface area contributed by atoms with Crippen LogP contribution in [0.5, 0.6) is 0 Å². The number of hydrogen-bond acceptors (Lipinski definition) is 4. The third-order valence-corrected chi connectivity index (χ3v) is 3.41. The van der Waals surface area contributed by atoms with Crippen molar-refractivity contribution in [2.45, 2.75) is 0 Å². The number of rotatable bonds is 4. The molecule has 0 spiro atoms. The molecule has 0 aliphatic heterocycles. The summed E-state index contributed by atoms with van der Waals surface area (Å²) >= 11 is 17.5. The molecular formula is C15H9Cl3N4O. The van der Waals surface area contributed by atoms with Gasteiger partial charge in [-0.3, -0.25) is 4.79 Å². The second-order valence-corrected chi connectivity index (χ2v) is 5.53. The van der Waals surface area contributed by atoms with Crippen molar-refractivity contribution in [3.63, 3.8) is 0 Å². The molecule has 0 aliphatic rings. The molecule has 2 rings (SSSR count). The van der Waals surface area contributed by atoms with Crippen LogP contribution in [0.3, 0.4) is 0 Å². The van der Waals surface area contributed by atoms with Crippen molar-refractivity contribution in [2.24, 2.45) is 0 Å². The zero-order valence-corrected chi connectivity index (χ0v) is 13.7. The molecule has 0 unspecified atom stereocenters. The van der Waals surface area contributed by atoms with Crippen LogP contribution in [0.15, 0.2) is 48.3 Å². The van der Waals surface area contributed by atoms with Gasteiger partial charge in [0.1, 0.15) is 17.5 Å². The number of anilines is 2. The fourth-order valence-corrected chi connectivity index (χ4v) is 2.10. The number of carbonyl (C=O) groups is 1. The van der Waals surface area contributed by atoms with Crippen LogP contribution in [0.1, 0.15) is 0 Å². The number of amides is 1. The molecule has 1 amide bonds. The summed E-state index contributed by atoms with van der Waals surface area (Å²) in [4.78, 5) is 16.1. The van der Waals surface area contributed by atoms with Crippen LogP contribution in [0, 0.1) is 11.3 Å². The Bertz CT molecular complexity index is 797. The van der Waals surface area contributed by atoms with Crippen molar-refractivity contribution in [3.8, 4) is 6.07 Å². The Kier molecular flexibility index (Phi) is 5.83. The van der Waals surface area contributed by atoms with E-state index in [-0.39, 0.29) is 10.6 Å². The Hall–Kier alpha value is -2.26. The van der Waals surface area contributed by atoms with Crippen molar-refractivity contribution in [1.29, 1.82) is 5.26 Å². The van der Waals surface area contributed by atoms with Crippen molar-refractivity contribution in [1.82, 2.24) is 4.98 Å². The number of carbonyl (C=O) groups excluding carboxylic acids is 1. The topological polar surface area (TPSA) is 77.8 Å². The van der Waals surface area contributed by atoms with Crippen LogP contribution in [-0.4, -0.2) is 10.9 Å². The number of hydrogen-bond donors (Lipinski definition) is 2. The molecule has 0 bridgehead atoms. The molecule has 1 aromatic carbocycles. The van der Waals surface area contributed by atoms with Gasteiger partial charge in [-0.2, -0.15) is 5.26 Å². The third kappa shape index (κ3) is 4.86. The maximum Gasteiger partial charge on any atom is 0.267 e. The van der Waals surface area contributed by atoms with Crippen LogP contribution in [-0.2, 0) is 4.79 Å². The monoisotopic (exact) mass is 366 g/mol. The molecule has 0 atom stereocenters. The van der Waals surface area contributed by atoms with Gasteiger partial charge in [0.15, 0.2) is 0 Å². The highest BCUT2D eigenvalue weighted by atomic mass is 35.5. The standard InChI is InChI=1S/C15H9Cl3N4O/c16-10-1-3-13(12(18)5-10)22-15(23)9(6-19)7-20-14-4-2-11(17)8-21-14/h1-5,7-8H,(H,20,21)(H,22,23)/b9-7-. The molecule has 23 heavy (non-hydrogen) atoms. The summed E-state index contributed by atoms with van der Waals surface area (Å²) in [5.74, 6) is -0.169. The normalized spacial score (nSPS) is 10.8. The van der Waals surface area contributed by atoms with Gasteiger partial charge in [-0.1, -0.05) is 34.8 Å². The largest absolute Gasteiger partial charge is 0.345 e. The molecule has 0 saturated carbocycles. The van der Waals surface area contributed by atoms with E-state index in [9.17, 15) is 4.79 Å². The van der Waals surface area contributed by atoms with Gasteiger partial charge in [0.25, 0.3) is 5.91 Å². The van der Waals surface area contributed by atoms with E-state index in [0.29, 0.717) is 21.6 Å². The zero-order chi connectivity index (χ0) is 16.8. The molecule has 0 radical (unpaired) electrons. The first kappa shape index (κ1) is 17.1. The Morgan fingerprint density at radius 3 is 2.52 bits per heavy atom. The fourth-order valence-electron chi connectivity index (χ4n) is 1.54. The quantitative estimate of drug-likeness (QED) is 0.616. The van der Waals surface area contributed by atoms with Gasteiger partial charge in [-0.15, -0.1) is 0 Å². The van der Waals surface area contributed by atoms with Gasteiger partial charge in [0, 0.05) is 17.4 Å². The van der Waals surface area contributed by atoms with E-state index in [1.165, 1.54) is 18.5 Å². The number of benzene rings is 1. The molecule has 0 saturated heterocycles. The summed E-state index contributed by atoms with van der Waals surface area (Å²) < 4.78 is 0. The Morgan fingerprint density at radius 2 is 1.91 bits per heavy atom. The van der Waals surface area contributed by atoms with Gasteiger partial charge in [0.05, 0.1) is 15.7 Å². The van der Waals surface area contributed by atoms with Crippen LogP contribution in [0.2, 0.25) is 15.1 Å². The minimum atomic E-state index is -0.613. The molecule has 8 heteroatoms. The number of halogens is 3. The van der Waals surface area contributed by atoms with Gasteiger partial charge < -0.3 is 10.6 Å². The summed E-state index contributed by atoms with van der Waals surface area (Å²) in [6, 6.07) is 9.66. The summed E-state index contributed by atoms with van der Waals surface area (Å²) in [6.07, 6.45) is 2.69. The molecule has 2 N–H and O–H groups in total. The maximum absolute atomic E-state index is 12.1. The van der Waals surface area contributed by atoms with E-state index in [1.54, 1.807) is 30.3 Å². The smallest absolute Gasteiger partial charge is 0.267 e. The van der Waals surface area contributed by atoms with Gasteiger partial charge in [-0.05, 0) is 30.3 Å². The molecule has 2 aromatic rings. The number of nitriles is 1. The summed E-state index contributed by atoms with van der Waals surface area (Å²) in [5.41, 5.74) is 0.208. The molecule has 0 fully saturated rings. The van der Waals surface area contributed by atoms with Crippen LogP contribution < -0.4 is 10.6 Å². The molecule has 0 aliphatic carbocycles. The van der Waals surface area contributed by atoms with E-state index in [0.717, 1.165) is 0 Å². The number of nitrogens with one attached hydrogen (secondary N) is 2. The number of pyridine rings is 1. The molecular weight excluding hydrogens is 359 g/mol. The Balaban J connectivity index is 2.10. The van der Waals surface area contributed by atoms with E-state index < -0.39 is 5.91 Å². The average molecular weight is 368 g/mol. The molecule has 5 nitrogen and oxygen atoms in total. The lowest BCUT2D eigenvalue weighted by molar-refractivity contribution is -0.112. The SMILES string of the molecule is N#C/C(=C/Nc1ccc(Cl)cn1)C(=O)Nc1ccc(Cl)cc1Cl. The van der Waals surface area contributed by atoms with E-state index >= 15 is 0 Å². The predicted molar refractivity (Wildman–Crippen MR) is 91.7 cm³/mol. The first-order valence-electron chi connectivity index (χ1n) is 6.24. The predicted octanol–water partition coefficient (Wildman–Crippen LogP) is 4.50. The molecule has 116 valence electrons. The number of nitrogens with zero attached hydrogens (tertiary/aromatic N) is 2. The first-order chi connectivity index (χ1) is 11.0. The lowest BCUT2D eigenvalue weighted by Crippen LogP contribution is -2.15. The summed E-state index contributed by atoms with van der Waals surface area (Å²) in [5, 5.41) is 15.6. The summed E-state index contributed by atoms with van der Waals surface area (Å²) in [6.45, 7) is 0. The zero-order valence-electron chi connectivity index (χ0n) is 11.5. The minimum Gasteiger partial charge on any atom is -0.345 e. The second kappa shape index (κ2) is 7.84. The van der Waals surface area contributed by atoms with Crippen LogP contribution in [0.4, 0.5) is 11.5 Å². The fraction of sp³-hybridized carbons (Fsp3) is 0.